The molecule has 0 aliphatic rings. The predicted molar refractivity (Wildman–Crippen MR) is 96.2 cm³/mol. The van der Waals surface area contributed by atoms with E-state index in [0.29, 0.717) is 36.9 Å². The van der Waals surface area contributed by atoms with E-state index in [9.17, 15) is 5.11 Å². The van der Waals surface area contributed by atoms with Crippen molar-refractivity contribution in [2.75, 3.05) is 13.2 Å². The van der Waals surface area contributed by atoms with E-state index in [1.54, 1.807) is 0 Å². The predicted octanol–water partition coefficient (Wildman–Crippen LogP) is 3.82. The van der Waals surface area contributed by atoms with Gasteiger partial charge in [0.15, 0.2) is 4.77 Å². The van der Waals surface area contributed by atoms with Crippen molar-refractivity contribution >= 4 is 12.2 Å². The van der Waals surface area contributed by atoms with Crippen LogP contribution in [0.15, 0.2) is 12.7 Å². The topological polar surface area (TPSA) is 63.1 Å². The molecule has 0 amide bonds. The van der Waals surface area contributed by atoms with E-state index in [1.807, 2.05) is 10.6 Å². The summed E-state index contributed by atoms with van der Waals surface area (Å²) in [4.78, 5) is 0. The largest absolute Gasteiger partial charge is 0.391 e. The van der Waals surface area contributed by atoms with Crippen molar-refractivity contribution in [2.24, 2.45) is 5.92 Å². The molecule has 1 aromatic rings. The van der Waals surface area contributed by atoms with Crippen LogP contribution in [0.2, 0.25) is 0 Å². The Bertz CT molecular complexity index is 510. The molecule has 0 aliphatic carbocycles. The second-order valence-electron chi connectivity index (χ2n) is 6.45. The number of rotatable bonds is 12. The minimum atomic E-state index is -0.488. The monoisotopic (exact) mass is 341 g/mol. The number of hydrogen-bond donors (Lipinski definition) is 2. The summed E-state index contributed by atoms with van der Waals surface area (Å²) in [5.74, 6) is 1.55. The van der Waals surface area contributed by atoms with Gasteiger partial charge in [-0.25, -0.2) is 0 Å². The van der Waals surface area contributed by atoms with Gasteiger partial charge in [0.1, 0.15) is 5.82 Å². The van der Waals surface area contributed by atoms with Gasteiger partial charge < -0.3 is 14.4 Å². The number of aliphatic hydroxyl groups excluding tert-OH is 1. The molecule has 2 N–H and O–H groups in total. The SMILES string of the molecule is C=CCn1c([C@H](CCCC)C[C@@H](O)COCC(C)C)n[nH]c1=S. The standard InChI is InChI=1S/C17H31N3O2S/c1-5-7-8-14(10-15(21)12-22-11-13(3)4)16-18-19-17(23)20(16)9-6-2/h6,13-15,21H,2,5,7-12H2,1,3-4H3,(H,19,23)/t14-,15-/m1/s1. The molecule has 0 saturated carbocycles. The average molecular weight is 342 g/mol. The maximum Gasteiger partial charge on any atom is 0.195 e. The van der Waals surface area contributed by atoms with Crippen LogP contribution in [0.4, 0.5) is 0 Å². The highest BCUT2D eigenvalue weighted by Gasteiger charge is 2.21. The van der Waals surface area contributed by atoms with Crippen molar-refractivity contribution in [3.63, 3.8) is 0 Å². The Morgan fingerprint density at radius 1 is 1.43 bits per heavy atom. The number of aliphatic hydroxyl groups is 1. The molecule has 1 aromatic heterocycles. The highest BCUT2D eigenvalue weighted by atomic mass is 32.1. The quantitative estimate of drug-likeness (QED) is 0.448. The fraction of sp³-hybridized carbons (Fsp3) is 0.765. The fourth-order valence-electron chi connectivity index (χ4n) is 2.59. The minimum absolute atomic E-state index is 0.167. The van der Waals surface area contributed by atoms with Gasteiger partial charge in [0.05, 0.1) is 12.7 Å². The summed E-state index contributed by atoms with van der Waals surface area (Å²) in [6, 6.07) is 0. The highest BCUT2D eigenvalue weighted by molar-refractivity contribution is 7.71. The average Bonchev–Trinajstić information content (AvgIpc) is 2.85. The Kier molecular flexibility index (Phi) is 9.36. The number of ether oxygens (including phenoxy) is 1. The molecule has 0 fully saturated rings. The molecule has 0 spiro atoms. The molecule has 0 saturated heterocycles. The lowest BCUT2D eigenvalue weighted by Gasteiger charge is -2.20. The molecule has 0 radical (unpaired) electrons. The molecule has 0 unspecified atom stereocenters. The second-order valence-corrected chi connectivity index (χ2v) is 6.83. The molecule has 0 aromatic carbocycles. The van der Waals surface area contributed by atoms with Crippen LogP contribution in [0.1, 0.15) is 58.2 Å². The zero-order valence-electron chi connectivity index (χ0n) is 14.6. The zero-order chi connectivity index (χ0) is 17.2. The van der Waals surface area contributed by atoms with Crippen molar-refractivity contribution in [1.82, 2.24) is 14.8 Å². The van der Waals surface area contributed by atoms with Crippen LogP contribution in [0.5, 0.6) is 0 Å². The Morgan fingerprint density at radius 2 is 2.17 bits per heavy atom. The van der Waals surface area contributed by atoms with Crippen molar-refractivity contribution in [1.29, 1.82) is 0 Å². The second kappa shape index (κ2) is 10.7. The van der Waals surface area contributed by atoms with Crippen LogP contribution >= 0.6 is 12.2 Å². The van der Waals surface area contributed by atoms with Crippen LogP contribution in [-0.2, 0) is 11.3 Å². The van der Waals surface area contributed by atoms with E-state index in [-0.39, 0.29) is 5.92 Å². The normalized spacial score (nSPS) is 14.1. The van der Waals surface area contributed by atoms with Gasteiger partial charge in [0.2, 0.25) is 0 Å². The summed E-state index contributed by atoms with van der Waals surface area (Å²) >= 11 is 5.29. The molecule has 2 atom stereocenters. The zero-order valence-corrected chi connectivity index (χ0v) is 15.4. The summed E-state index contributed by atoms with van der Waals surface area (Å²) in [5, 5.41) is 17.6. The smallest absolute Gasteiger partial charge is 0.195 e. The first-order valence-corrected chi connectivity index (χ1v) is 8.92. The number of H-pyrrole nitrogens is 1. The number of nitrogens with zero attached hydrogens (tertiary/aromatic N) is 2. The third-order valence-electron chi connectivity index (χ3n) is 3.69. The first kappa shape index (κ1) is 20.1. The van der Waals surface area contributed by atoms with E-state index in [1.165, 1.54) is 0 Å². The van der Waals surface area contributed by atoms with Crippen LogP contribution in [0.3, 0.4) is 0 Å². The maximum atomic E-state index is 10.3. The van der Waals surface area contributed by atoms with E-state index < -0.39 is 6.10 Å². The van der Waals surface area contributed by atoms with Gasteiger partial charge in [-0.3, -0.25) is 5.10 Å². The van der Waals surface area contributed by atoms with Gasteiger partial charge >= 0.3 is 0 Å². The first-order chi connectivity index (χ1) is 11.0. The van der Waals surface area contributed by atoms with Gasteiger partial charge in [-0.05, 0) is 31.0 Å². The van der Waals surface area contributed by atoms with E-state index >= 15 is 0 Å². The van der Waals surface area contributed by atoms with Gasteiger partial charge in [0.25, 0.3) is 0 Å². The summed E-state index contributed by atoms with van der Waals surface area (Å²) in [6.45, 7) is 11.8. The molecule has 5 nitrogen and oxygen atoms in total. The molecule has 6 heteroatoms. The summed E-state index contributed by atoms with van der Waals surface area (Å²) < 4.78 is 8.13. The molecule has 1 rings (SSSR count). The third kappa shape index (κ3) is 6.97. The van der Waals surface area contributed by atoms with Crippen LogP contribution < -0.4 is 0 Å². The van der Waals surface area contributed by atoms with E-state index in [0.717, 1.165) is 25.1 Å². The van der Waals surface area contributed by atoms with Gasteiger partial charge in [-0.2, -0.15) is 5.10 Å². The molecule has 132 valence electrons. The molecule has 23 heavy (non-hydrogen) atoms. The number of nitrogens with one attached hydrogen (secondary N) is 1. The Labute approximate surface area is 144 Å². The molecule has 1 heterocycles. The van der Waals surface area contributed by atoms with Gasteiger partial charge in [-0.15, -0.1) is 6.58 Å². The van der Waals surface area contributed by atoms with Crippen molar-refractivity contribution < 1.29 is 9.84 Å². The highest BCUT2D eigenvalue weighted by Crippen LogP contribution is 2.26. The number of aromatic nitrogens is 3. The van der Waals surface area contributed by atoms with E-state index in [2.05, 4.69) is 37.5 Å². The third-order valence-corrected chi connectivity index (χ3v) is 4.00. The first-order valence-electron chi connectivity index (χ1n) is 8.51. The Hall–Kier alpha value is -0.980. The lowest BCUT2D eigenvalue weighted by molar-refractivity contribution is 0.0178. The van der Waals surface area contributed by atoms with Crippen LogP contribution in [0.25, 0.3) is 0 Å². The fourth-order valence-corrected chi connectivity index (χ4v) is 2.80. The van der Waals surface area contributed by atoms with Gasteiger partial charge in [0, 0.05) is 19.1 Å². The van der Waals surface area contributed by atoms with Crippen molar-refractivity contribution in [3.05, 3.63) is 23.3 Å². The van der Waals surface area contributed by atoms with Crippen LogP contribution in [0, 0.1) is 10.7 Å². The molecular weight excluding hydrogens is 310 g/mol. The molecule has 0 aliphatic heterocycles. The van der Waals surface area contributed by atoms with Crippen molar-refractivity contribution in [2.45, 2.75) is 65.0 Å². The lowest BCUT2D eigenvalue weighted by atomic mass is 9.94. The summed E-state index contributed by atoms with van der Waals surface area (Å²) in [7, 11) is 0. The number of allylic oxidation sites excluding steroid dienone is 1. The lowest BCUT2D eigenvalue weighted by Crippen LogP contribution is -2.22. The molecular formula is C17H31N3O2S. The number of unbranched alkanes of at least 4 members (excludes halogenated alkanes) is 1. The van der Waals surface area contributed by atoms with Crippen LogP contribution in [-0.4, -0.2) is 39.2 Å². The number of aromatic amines is 1. The minimum Gasteiger partial charge on any atom is -0.391 e. The molecule has 0 bridgehead atoms. The number of hydrogen-bond acceptors (Lipinski definition) is 4. The van der Waals surface area contributed by atoms with E-state index in [4.69, 9.17) is 17.0 Å². The summed E-state index contributed by atoms with van der Waals surface area (Å²) in [5.41, 5.74) is 0. The Morgan fingerprint density at radius 3 is 2.78 bits per heavy atom. The van der Waals surface area contributed by atoms with Crippen molar-refractivity contribution in [3.8, 4) is 0 Å². The summed E-state index contributed by atoms with van der Waals surface area (Å²) in [6.07, 6.45) is 5.15. The maximum absolute atomic E-state index is 10.3. The Balaban J connectivity index is 2.75. The van der Waals surface area contributed by atoms with Gasteiger partial charge in [-0.1, -0.05) is 39.7 Å².